The Labute approximate surface area is 115 Å². The van der Waals surface area contributed by atoms with Crippen LogP contribution in [0, 0.1) is 25.2 Å². The molecule has 0 saturated heterocycles. The van der Waals surface area contributed by atoms with E-state index in [2.05, 4.69) is 6.07 Å². The van der Waals surface area contributed by atoms with Crippen LogP contribution < -0.4 is 5.73 Å². The first-order valence-corrected chi connectivity index (χ1v) is 6.50. The maximum Gasteiger partial charge on any atom is 0.102 e. The molecule has 0 radical (unpaired) electrons. The Bertz CT molecular complexity index is 593. The largest absolute Gasteiger partial charge is 0.398 e. The number of rotatable bonds is 1. The van der Waals surface area contributed by atoms with Gasteiger partial charge in [-0.3, -0.25) is 0 Å². The quantitative estimate of drug-likeness (QED) is 0.762. The molecule has 19 heavy (non-hydrogen) atoms. The van der Waals surface area contributed by atoms with Crippen molar-refractivity contribution in [1.29, 1.82) is 5.26 Å². The van der Waals surface area contributed by atoms with Gasteiger partial charge in [0.1, 0.15) is 6.07 Å². The smallest absolute Gasteiger partial charge is 0.102 e. The zero-order valence-corrected chi connectivity index (χ0v) is 12.0. The number of benzene rings is 2. The summed E-state index contributed by atoms with van der Waals surface area (Å²) in [7, 11) is 0. The minimum absolute atomic E-state index is 0.550. The molecule has 0 saturated carbocycles. The Morgan fingerprint density at radius 1 is 1.05 bits per heavy atom. The zero-order valence-electron chi connectivity index (χ0n) is 12.0. The lowest BCUT2D eigenvalue weighted by Crippen LogP contribution is -1.98. The highest BCUT2D eigenvalue weighted by Crippen LogP contribution is 2.32. The molecular formula is C17H20N2. The molecule has 0 spiro atoms. The highest BCUT2D eigenvalue weighted by molar-refractivity contribution is 5.80. The third-order valence-corrected chi connectivity index (χ3v) is 3.05. The van der Waals surface area contributed by atoms with Crippen LogP contribution in [0.25, 0.3) is 11.1 Å². The number of nitrogens with zero attached hydrogens (tertiary/aromatic N) is 1. The van der Waals surface area contributed by atoms with Crippen molar-refractivity contribution >= 4 is 5.69 Å². The molecule has 0 aliphatic rings. The fraction of sp³-hybridized carbons (Fsp3) is 0.235. The van der Waals surface area contributed by atoms with Gasteiger partial charge in [0.2, 0.25) is 0 Å². The van der Waals surface area contributed by atoms with E-state index in [9.17, 15) is 5.26 Å². The molecule has 2 heteroatoms. The number of aryl methyl sites for hydroxylation is 1. The molecule has 0 aliphatic carbocycles. The molecule has 0 aromatic heterocycles. The average molecular weight is 252 g/mol. The van der Waals surface area contributed by atoms with E-state index in [1.54, 1.807) is 0 Å². The number of anilines is 1. The molecule has 2 rings (SSSR count). The normalized spacial score (nSPS) is 9.21. The van der Waals surface area contributed by atoms with Gasteiger partial charge in [0.05, 0.1) is 11.3 Å². The first-order chi connectivity index (χ1) is 9.15. The second-order valence-corrected chi connectivity index (χ2v) is 4.14. The SMILES string of the molecule is CC.Cc1cc(N)c(C#N)c(-c2ccccc2)c1C. The highest BCUT2D eigenvalue weighted by atomic mass is 14.6. The predicted octanol–water partition coefficient (Wildman–Crippen LogP) is 4.45. The molecule has 0 fully saturated rings. The van der Waals surface area contributed by atoms with E-state index in [4.69, 9.17) is 5.73 Å². The van der Waals surface area contributed by atoms with Crippen molar-refractivity contribution in [3.05, 3.63) is 53.1 Å². The van der Waals surface area contributed by atoms with Gasteiger partial charge in [0.25, 0.3) is 0 Å². The van der Waals surface area contributed by atoms with Crippen LogP contribution in [0.5, 0.6) is 0 Å². The minimum Gasteiger partial charge on any atom is -0.398 e. The van der Waals surface area contributed by atoms with Gasteiger partial charge in [-0.2, -0.15) is 5.26 Å². The first-order valence-electron chi connectivity index (χ1n) is 6.50. The summed E-state index contributed by atoms with van der Waals surface area (Å²) in [5.74, 6) is 0. The third kappa shape index (κ3) is 2.95. The Hall–Kier alpha value is -2.27. The molecule has 0 heterocycles. The van der Waals surface area contributed by atoms with Crippen molar-refractivity contribution in [1.82, 2.24) is 0 Å². The van der Waals surface area contributed by atoms with Crippen LogP contribution in [0.2, 0.25) is 0 Å². The number of nitriles is 1. The number of hydrogen-bond donors (Lipinski definition) is 1. The number of nitrogen functional groups attached to an aromatic ring is 1. The minimum atomic E-state index is 0.550. The molecule has 0 unspecified atom stereocenters. The zero-order chi connectivity index (χ0) is 14.4. The molecule has 0 aliphatic heterocycles. The molecule has 98 valence electrons. The Kier molecular flexibility index (Phi) is 5.14. The van der Waals surface area contributed by atoms with Gasteiger partial charge in [-0.05, 0) is 36.6 Å². The monoisotopic (exact) mass is 252 g/mol. The fourth-order valence-electron chi connectivity index (χ4n) is 2.03. The summed E-state index contributed by atoms with van der Waals surface area (Å²) in [6, 6.07) is 14.0. The summed E-state index contributed by atoms with van der Waals surface area (Å²) in [5, 5.41) is 9.25. The fourth-order valence-corrected chi connectivity index (χ4v) is 2.03. The van der Waals surface area contributed by atoms with E-state index in [0.717, 1.165) is 22.3 Å². The van der Waals surface area contributed by atoms with E-state index in [1.165, 1.54) is 0 Å². The van der Waals surface area contributed by atoms with Gasteiger partial charge in [0, 0.05) is 5.56 Å². The third-order valence-electron chi connectivity index (χ3n) is 3.05. The van der Waals surface area contributed by atoms with Crippen LogP contribution >= 0.6 is 0 Å². The summed E-state index contributed by atoms with van der Waals surface area (Å²) < 4.78 is 0. The number of hydrogen-bond acceptors (Lipinski definition) is 2. The Balaban J connectivity index is 0.000000861. The molecular weight excluding hydrogens is 232 g/mol. The molecule has 0 amide bonds. The van der Waals surface area contributed by atoms with Crippen LogP contribution in [0.3, 0.4) is 0 Å². The van der Waals surface area contributed by atoms with Gasteiger partial charge in [-0.15, -0.1) is 0 Å². The van der Waals surface area contributed by atoms with E-state index in [1.807, 2.05) is 64.1 Å². The topological polar surface area (TPSA) is 49.8 Å². The lowest BCUT2D eigenvalue weighted by Gasteiger charge is -2.13. The van der Waals surface area contributed by atoms with Crippen molar-refractivity contribution in [2.45, 2.75) is 27.7 Å². The van der Waals surface area contributed by atoms with Gasteiger partial charge < -0.3 is 5.73 Å². The summed E-state index contributed by atoms with van der Waals surface area (Å²) in [4.78, 5) is 0. The van der Waals surface area contributed by atoms with Crippen LogP contribution in [0.4, 0.5) is 5.69 Å². The second-order valence-electron chi connectivity index (χ2n) is 4.14. The van der Waals surface area contributed by atoms with Crippen molar-refractivity contribution in [2.24, 2.45) is 0 Å². The van der Waals surface area contributed by atoms with Crippen molar-refractivity contribution in [2.75, 3.05) is 5.73 Å². The maximum atomic E-state index is 9.25. The summed E-state index contributed by atoms with van der Waals surface area (Å²) in [6.45, 7) is 8.04. The molecule has 2 nitrogen and oxygen atoms in total. The van der Waals surface area contributed by atoms with E-state index < -0.39 is 0 Å². The summed E-state index contributed by atoms with van der Waals surface area (Å²) in [6.07, 6.45) is 0. The van der Waals surface area contributed by atoms with Gasteiger partial charge in [0.15, 0.2) is 0 Å². The summed E-state index contributed by atoms with van der Waals surface area (Å²) >= 11 is 0. The van der Waals surface area contributed by atoms with E-state index in [-0.39, 0.29) is 0 Å². The van der Waals surface area contributed by atoms with Crippen molar-refractivity contribution in [3.8, 4) is 17.2 Å². The summed E-state index contributed by atoms with van der Waals surface area (Å²) in [5.41, 5.74) is 11.2. The average Bonchev–Trinajstić information content (AvgIpc) is 2.45. The van der Waals surface area contributed by atoms with Crippen molar-refractivity contribution < 1.29 is 0 Å². The molecule has 2 aromatic carbocycles. The van der Waals surface area contributed by atoms with E-state index in [0.29, 0.717) is 11.3 Å². The standard InChI is InChI=1S/C15H14N2.C2H6/c1-10-8-14(17)13(9-16)15(11(10)2)12-6-4-3-5-7-12;1-2/h3-8H,17H2,1-2H3;1-2H3. The van der Waals surface area contributed by atoms with E-state index >= 15 is 0 Å². The molecule has 0 atom stereocenters. The Morgan fingerprint density at radius 2 is 1.63 bits per heavy atom. The van der Waals surface area contributed by atoms with Crippen molar-refractivity contribution in [3.63, 3.8) is 0 Å². The molecule has 2 aromatic rings. The lowest BCUT2D eigenvalue weighted by molar-refractivity contribution is 1.32. The van der Waals surface area contributed by atoms with Crippen LogP contribution in [0.15, 0.2) is 36.4 Å². The Morgan fingerprint density at radius 3 is 2.16 bits per heavy atom. The molecule has 2 N–H and O–H groups in total. The number of nitrogens with two attached hydrogens (primary N) is 1. The van der Waals surface area contributed by atoms with Crippen LogP contribution in [-0.2, 0) is 0 Å². The van der Waals surface area contributed by atoms with Gasteiger partial charge in [-0.1, -0.05) is 44.2 Å². The maximum absolute atomic E-state index is 9.25. The van der Waals surface area contributed by atoms with Crippen LogP contribution in [0.1, 0.15) is 30.5 Å². The lowest BCUT2D eigenvalue weighted by atomic mass is 9.91. The highest BCUT2D eigenvalue weighted by Gasteiger charge is 2.13. The van der Waals surface area contributed by atoms with Gasteiger partial charge >= 0.3 is 0 Å². The second kappa shape index (κ2) is 6.61. The first kappa shape index (κ1) is 14.8. The van der Waals surface area contributed by atoms with Gasteiger partial charge in [-0.25, -0.2) is 0 Å². The van der Waals surface area contributed by atoms with Crippen LogP contribution in [-0.4, -0.2) is 0 Å². The predicted molar refractivity (Wildman–Crippen MR) is 81.8 cm³/mol. The molecule has 0 bridgehead atoms.